The number of nitrogens with one attached hydrogen (secondary N) is 1. The summed E-state index contributed by atoms with van der Waals surface area (Å²) in [6.45, 7) is 1.24. The highest BCUT2D eigenvalue weighted by Gasteiger charge is 1.93. The molecule has 0 aliphatic carbocycles. The number of H-pyrrole nitrogens is 1. The van der Waals surface area contributed by atoms with E-state index in [0.717, 1.165) is 6.42 Å². The largest absolute Gasteiger partial charge is 0.343 e. The fourth-order valence-corrected chi connectivity index (χ4v) is 0.691. The average Bonchev–Trinajstić information content (AvgIpc) is 2.31. The number of halogens is 1. The fourth-order valence-electron chi connectivity index (χ4n) is 0.691. The van der Waals surface area contributed by atoms with Gasteiger partial charge in [-0.15, -0.1) is 12.4 Å². The summed E-state index contributed by atoms with van der Waals surface area (Å²) in [6, 6.07) is 0. The number of aryl methyl sites for hydroxylation is 1. The highest BCUT2D eigenvalue weighted by atomic mass is 35.5. The molecular formula is C5H11ClN4O. The van der Waals surface area contributed by atoms with Gasteiger partial charge in [-0.3, -0.25) is 4.57 Å². The molecular weight excluding hydrogens is 168 g/mol. The monoisotopic (exact) mass is 178 g/mol. The zero-order valence-corrected chi connectivity index (χ0v) is 6.80. The molecule has 1 rings (SSSR count). The van der Waals surface area contributed by atoms with Crippen molar-refractivity contribution in [2.24, 2.45) is 5.73 Å². The maximum absolute atomic E-state index is 10.7. The molecule has 0 radical (unpaired) electrons. The fraction of sp³-hybridized carbons (Fsp3) is 0.600. The molecule has 1 heterocycles. The van der Waals surface area contributed by atoms with Gasteiger partial charge >= 0.3 is 5.69 Å². The lowest BCUT2D eigenvalue weighted by molar-refractivity contribution is 0.631. The molecule has 5 nitrogen and oxygen atoms in total. The lowest BCUT2D eigenvalue weighted by atomic mass is 10.4. The van der Waals surface area contributed by atoms with E-state index in [2.05, 4.69) is 10.2 Å². The number of hydrogen-bond donors (Lipinski definition) is 2. The minimum atomic E-state index is -0.173. The Balaban J connectivity index is 0.000001000. The highest BCUT2D eigenvalue weighted by Crippen LogP contribution is 1.79. The van der Waals surface area contributed by atoms with Crippen LogP contribution in [0.25, 0.3) is 0 Å². The van der Waals surface area contributed by atoms with Crippen molar-refractivity contribution >= 4 is 12.4 Å². The molecule has 0 unspecified atom stereocenters. The van der Waals surface area contributed by atoms with Crippen LogP contribution in [-0.4, -0.2) is 21.3 Å². The summed E-state index contributed by atoms with van der Waals surface area (Å²) in [7, 11) is 0. The third kappa shape index (κ3) is 2.73. The first-order valence-corrected chi connectivity index (χ1v) is 3.14. The molecule has 0 aliphatic rings. The van der Waals surface area contributed by atoms with E-state index in [1.807, 2.05) is 0 Å². The lowest BCUT2D eigenvalue weighted by Gasteiger charge is -1.94. The Hall–Kier alpha value is -0.810. The van der Waals surface area contributed by atoms with E-state index < -0.39 is 0 Å². The summed E-state index contributed by atoms with van der Waals surface area (Å²) in [6.07, 6.45) is 2.28. The minimum absolute atomic E-state index is 0. The predicted molar refractivity (Wildman–Crippen MR) is 43.8 cm³/mol. The van der Waals surface area contributed by atoms with Crippen LogP contribution < -0.4 is 11.4 Å². The van der Waals surface area contributed by atoms with Gasteiger partial charge in [0.1, 0.15) is 6.33 Å². The van der Waals surface area contributed by atoms with Crippen LogP contribution >= 0.6 is 12.4 Å². The van der Waals surface area contributed by atoms with Gasteiger partial charge < -0.3 is 5.73 Å². The summed E-state index contributed by atoms with van der Waals surface area (Å²) < 4.78 is 1.49. The van der Waals surface area contributed by atoms with Gasteiger partial charge in [-0.1, -0.05) is 0 Å². The molecule has 0 spiro atoms. The van der Waals surface area contributed by atoms with E-state index in [1.165, 1.54) is 10.9 Å². The predicted octanol–water partition coefficient (Wildman–Crippen LogP) is -0.658. The molecule has 6 heteroatoms. The van der Waals surface area contributed by atoms with Crippen LogP contribution in [0, 0.1) is 0 Å². The Morgan fingerprint density at radius 3 is 2.91 bits per heavy atom. The molecule has 64 valence electrons. The molecule has 0 saturated carbocycles. The summed E-state index contributed by atoms with van der Waals surface area (Å²) in [5.74, 6) is 0. The van der Waals surface area contributed by atoms with E-state index in [1.54, 1.807) is 0 Å². The molecule has 0 fully saturated rings. The van der Waals surface area contributed by atoms with Crippen molar-refractivity contribution in [1.29, 1.82) is 0 Å². The van der Waals surface area contributed by atoms with Gasteiger partial charge in [0.05, 0.1) is 0 Å². The molecule has 0 bridgehead atoms. The first kappa shape index (κ1) is 10.2. The van der Waals surface area contributed by atoms with Crippen LogP contribution in [0.4, 0.5) is 0 Å². The molecule has 11 heavy (non-hydrogen) atoms. The number of aromatic nitrogens is 3. The lowest BCUT2D eigenvalue weighted by Crippen LogP contribution is -2.17. The third-order valence-corrected chi connectivity index (χ3v) is 1.22. The minimum Gasteiger partial charge on any atom is -0.330 e. The zero-order valence-electron chi connectivity index (χ0n) is 5.99. The van der Waals surface area contributed by atoms with Crippen LogP contribution in [0.1, 0.15) is 6.42 Å². The quantitative estimate of drug-likeness (QED) is 0.646. The molecule has 1 aromatic heterocycles. The number of rotatable bonds is 3. The van der Waals surface area contributed by atoms with Gasteiger partial charge in [-0.25, -0.2) is 9.89 Å². The number of nitrogens with zero attached hydrogens (tertiary/aromatic N) is 2. The van der Waals surface area contributed by atoms with Gasteiger partial charge in [0.25, 0.3) is 0 Å². The van der Waals surface area contributed by atoms with Gasteiger partial charge in [0.2, 0.25) is 0 Å². The van der Waals surface area contributed by atoms with Crippen LogP contribution in [0.5, 0.6) is 0 Å². The van der Waals surface area contributed by atoms with Crippen LogP contribution in [0.2, 0.25) is 0 Å². The van der Waals surface area contributed by atoms with Crippen molar-refractivity contribution in [2.45, 2.75) is 13.0 Å². The molecule has 0 amide bonds. The SMILES string of the molecule is Cl.NCCCn1cn[nH]c1=O. The topological polar surface area (TPSA) is 76.7 Å². The number of aromatic amines is 1. The van der Waals surface area contributed by atoms with E-state index in [4.69, 9.17) is 5.73 Å². The molecule has 0 saturated heterocycles. The normalized spacial score (nSPS) is 9.18. The summed E-state index contributed by atoms with van der Waals surface area (Å²) in [4.78, 5) is 10.7. The molecule has 0 aliphatic heterocycles. The van der Waals surface area contributed by atoms with Crippen LogP contribution in [-0.2, 0) is 6.54 Å². The van der Waals surface area contributed by atoms with E-state index in [0.29, 0.717) is 13.1 Å². The Morgan fingerprint density at radius 2 is 2.45 bits per heavy atom. The maximum Gasteiger partial charge on any atom is 0.343 e. The first-order valence-electron chi connectivity index (χ1n) is 3.14. The highest BCUT2D eigenvalue weighted by molar-refractivity contribution is 5.85. The number of hydrogen-bond acceptors (Lipinski definition) is 3. The van der Waals surface area contributed by atoms with Crippen molar-refractivity contribution in [3.63, 3.8) is 0 Å². The zero-order chi connectivity index (χ0) is 7.40. The number of nitrogens with two attached hydrogens (primary N) is 1. The second-order valence-corrected chi connectivity index (χ2v) is 2.00. The van der Waals surface area contributed by atoms with Gasteiger partial charge in [-0.05, 0) is 13.0 Å². The Morgan fingerprint density at radius 1 is 1.73 bits per heavy atom. The van der Waals surface area contributed by atoms with E-state index in [9.17, 15) is 4.79 Å². The van der Waals surface area contributed by atoms with Crippen molar-refractivity contribution in [1.82, 2.24) is 14.8 Å². The Kier molecular flexibility index (Phi) is 4.56. The molecule has 0 aromatic carbocycles. The average molecular weight is 179 g/mol. The molecule has 1 aromatic rings. The van der Waals surface area contributed by atoms with Gasteiger partial charge in [0.15, 0.2) is 0 Å². The standard InChI is InChI=1S/C5H10N4O.ClH/c6-2-1-3-9-4-7-8-5(9)10;/h4H,1-3,6H2,(H,8,10);1H. The van der Waals surface area contributed by atoms with Crippen molar-refractivity contribution in [3.05, 3.63) is 16.8 Å². The molecule has 0 atom stereocenters. The third-order valence-electron chi connectivity index (χ3n) is 1.22. The Bertz CT molecular complexity index is 243. The Labute approximate surface area is 70.0 Å². The maximum atomic E-state index is 10.7. The summed E-state index contributed by atoms with van der Waals surface area (Å²) in [5.41, 5.74) is 5.08. The second-order valence-electron chi connectivity index (χ2n) is 2.00. The smallest absolute Gasteiger partial charge is 0.330 e. The summed E-state index contributed by atoms with van der Waals surface area (Å²) in [5, 5.41) is 5.85. The summed E-state index contributed by atoms with van der Waals surface area (Å²) >= 11 is 0. The van der Waals surface area contributed by atoms with E-state index >= 15 is 0 Å². The van der Waals surface area contributed by atoms with Crippen molar-refractivity contribution in [2.75, 3.05) is 6.54 Å². The first-order chi connectivity index (χ1) is 4.84. The second kappa shape index (κ2) is 4.92. The van der Waals surface area contributed by atoms with Gasteiger partial charge in [-0.2, -0.15) is 5.10 Å². The van der Waals surface area contributed by atoms with E-state index in [-0.39, 0.29) is 18.1 Å². The van der Waals surface area contributed by atoms with Crippen molar-refractivity contribution < 1.29 is 0 Å². The van der Waals surface area contributed by atoms with Crippen LogP contribution in [0.3, 0.4) is 0 Å². The molecule has 3 N–H and O–H groups in total. The van der Waals surface area contributed by atoms with Crippen molar-refractivity contribution in [3.8, 4) is 0 Å². The van der Waals surface area contributed by atoms with Crippen LogP contribution in [0.15, 0.2) is 11.1 Å². The van der Waals surface area contributed by atoms with Gasteiger partial charge in [0, 0.05) is 6.54 Å².